The van der Waals surface area contributed by atoms with E-state index in [-0.39, 0.29) is 25.2 Å². The molecule has 1 amide bonds. The van der Waals surface area contributed by atoms with E-state index in [1.54, 1.807) is 11.1 Å². The minimum absolute atomic E-state index is 0.101. The summed E-state index contributed by atoms with van der Waals surface area (Å²) in [6.45, 7) is 12.5. The van der Waals surface area contributed by atoms with Crippen LogP contribution in [0, 0.1) is 24.8 Å². The van der Waals surface area contributed by atoms with Crippen LogP contribution in [0.5, 0.6) is 6.01 Å². The largest absolute Gasteiger partial charge is 0.462 e. The second kappa shape index (κ2) is 14.4. The lowest BCUT2D eigenvalue weighted by atomic mass is 9.95. The summed E-state index contributed by atoms with van der Waals surface area (Å²) in [5.74, 6) is 0.557. The number of anilines is 1. The molecule has 5 aromatic rings. The van der Waals surface area contributed by atoms with E-state index < -0.39 is 12.1 Å². The number of rotatable bonds is 8. The molecule has 0 bridgehead atoms. The van der Waals surface area contributed by atoms with Gasteiger partial charge in [0, 0.05) is 37.4 Å². The third-order valence-corrected chi connectivity index (χ3v) is 9.78. The molecular formula is C39H38N8O3. The van der Waals surface area contributed by atoms with Crippen LogP contribution >= 0.6 is 0 Å². The fourth-order valence-electron chi connectivity index (χ4n) is 7.11. The molecule has 2 atom stereocenters. The lowest BCUT2D eigenvalue weighted by Gasteiger charge is -2.39. The van der Waals surface area contributed by atoms with Crippen molar-refractivity contribution in [2.24, 2.45) is 0 Å². The van der Waals surface area contributed by atoms with Gasteiger partial charge in [0.2, 0.25) is 6.54 Å². The Bertz CT molecular complexity index is 2120. The van der Waals surface area contributed by atoms with Gasteiger partial charge in [-0.15, -0.1) is 0 Å². The molecule has 252 valence electrons. The third kappa shape index (κ3) is 6.48. The van der Waals surface area contributed by atoms with E-state index in [1.165, 1.54) is 0 Å². The molecule has 11 heteroatoms. The molecule has 0 radical (unpaired) electrons. The number of likely N-dealkylation sites (N-methyl/N-ethyl adjacent to an activating group) is 1. The Morgan fingerprint density at radius 1 is 1.04 bits per heavy atom. The first kappa shape index (κ1) is 32.8. The maximum absolute atomic E-state index is 13.3. The van der Waals surface area contributed by atoms with Gasteiger partial charge in [-0.05, 0) is 55.3 Å². The number of carbonyl (C=O) groups excluding carboxylic acids is 1. The molecule has 0 saturated carbocycles. The van der Waals surface area contributed by atoms with Crippen LogP contribution in [0.3, 0.4) is 0 Å². The smallest absolute Gasteiger partial charge is 0.410 e. The summed E-state index contributed by atoms with van der Waals surface area (Å²) >= 11 is 0. The third-order valence-electron chi connectivity index (χ3n) is 9.78. The van der Waals surface area contributed by atoms with Gasteiger partial charge in [-0.3, -0.25) is 9.88 Å². The summed E-state index contributed by atoms with van der Waals surface area (Å²) in [7, 11) is 2.09. The number of fused-ring (bicyclic) bond motifs is 2. The first-order chi connectivity index (χ1) is 24.4. The lowest BCUT2D eigenvalue weighted by molar-refractivity contribution is 0.0788. The van der Waals surface area contributed by atoms with E-state index in [0.29, 0.717) is 54.2 Å². The lowest BCUT2D eigenvalue weighted by Crippen LogP contribution is -2.56. The highest BCUT2D eigenvalue weighted by atomic mass is 16.6. The molecule has 0 unspecified atom stereocenters. The number of hydrogen-bond acceptors (Lipinski definition) is 9. The topological polar surface area (TPSA) is 112 Å². The molecule has 2 fully saturated rings. The fourth-order valence-corrected chi connectivity index (χ4v) is 7.11. The van der Waals surface area contributed by atoms with Crippen molar-refractivity contribution in [1.82, 2.24) is 24.8 Å². The average molecular weight is 667 g/mol. The highest BCUT2D eigenvalue weighted by Crippen LogP contribution is 2.37. The Kier molecular flexibility index (Phi) is 9.41. The number of piperazine rings is 1. The predicted octanol–water partition coefficient (Wildman–Crippen LogP) is 6.24. The zero-order chi connectivity index (χ0) is 34.6. The Morgan fingerprint density at radius 3 is 2.62 bits per heavy atom. The van der Waals surface area contributed by atoms with E-state index in [0.717, 1.165) is 46.8 Å². The number of pyridine rings is 1. The second-order valence-corrected chi connectivity index (χ2v) is 12.9. The molecule has 50 heavy (non-hydrogen) atoms. The normalized spacial score (nSPS) is 17.8. The van der Waals surface area contributed by atoms with Gasteiger partial charge >= 0.3 is 12.1 Å². The van der Waals surface area contributed by atoms with E-state index in [4.69, 9.17) is 31.0 Å². The number of likely N-dealkylation sites (tertiary alicyclic amines) is 1. The van der Waals surface area contributed by atoms with Crippen molar-refractivity contribution in [3.05, 3.63) is 101 Å². The van der Waals surface area contributed by atoms with Gasteiger partial charge in [0.1, 0.15) is 42.2 Å². The van der Waals surface area contributed by atoms with Crippen LogP contribution in [0.2, 0.25) is 0 Å². The number of aryl methyl sites for hydroxylation is 1. The summed E-state index contributed by atoms with van der Waals surface area (Å²) < 4.78 is 11.9. The van der Waals surface area contributed by atoms with E-state index in [9.17, 15) is 10.1 Å². The molecule has 0 aliphatic carbocycles. The van der Waals surface area contributed by atoms with Crippen LogP contribution < -0.4 is 9.64 Å². The standard InChI is InChI=1S/C39H38N8O3/c1-26-10-7-13-28-14-8-16-31(34(26)28)35-32(20-40)36-33(22-42-35)37(44-38(43-36)49-25-29-15-9-17-45(29)3)46-18-19-47(30(23-46)21-41-2)39(48)50-24-27-11-5-4-6-12-27/h4-8,10-14,16,22,29-30H,9,15,17-19,21,23-25H2,1,3H3/t29-,30-/m0/s1. The number of hydrogen-bond donors (Lipinski definition) is 0. The Morgan fingerprint density at radius 2 is 1.86 bits per heavy atom. The van der Waals surface area contributed by atoms with E-state index in [1.807, 2.05) is 53.4 Å². The Balaban J connectivity index is 1.26. The first-order valence-corrected chi connectivity index (χ1v) is 16.9. The zero-order valence-corrected chi connectivity index (χ0v) is 28.2. The minimum atomic E-state index is -0.456. The number of amides is 1. The molecule has 2 aliphatic rings. The van der Waals surface area contributed by atoms with Crippen molar-refractivity contribution >= 4 is 33.6 Å². The van der Waals surface area contributed by atoms with Gasteiger partial charge in [-0.2, -0.15) is 15.2 Å². The van der Waals surface area contributed by atoms with E-state index in [2.05, 4.69) is 48.0 Å². The SMILES string of the molecule is [C-]#[N+]C[C@H]1CN(c2nc(OC[C@@H]3CCCN3C)nc3c(C#N)c(-c4cccc5cccc(C)c45)ncc23)CCN1C(=O)OCc1ccccc1. The van der Waals surface area contributed by atoms with Crippen LogP contribution in [0.25, 0.3) is 37.8 Å². The summed E-state index contributed by atoms with van der Waals surface area (Å²) in [5, 5.41) is 13.4. The number of ether oxygens (including phenoxy) is 2. The van der Waals surface area contributed by atoms with Crippen molar-refractivity contribution < 1.29 is 14.3 Å². The highest BCUT2D eigenvalue weighted by molar-refractivity contribution is 6.03. The average Bonchev–Trinajstić information content (AvgIpc) is 3.56. The van der Waals surface area contributed by atoms with Gasteiger partial charge < -0.3 is 24.1 Å². The summed E-state index contributed by atoms with van der Waals surface area (Å²) in [6, 6.07) is 24.1. The number of carbonyl (C=O) groups is 1. The maximum atomic E-state index is 13.3. The van der Waals surface area contributed by atoms with Crippen LogP contribution in [-0.2, 0) is 11.3 Å². The fraction of sp³-hybridized carbons (Fsp3) is 0.333. The number of benzene rings is 3. The first-order valence-electron chi connectivity index (χ1n) is 16.9. The molecule has 2 saturated heterocycles. The molecule has 0 N–H and O–H groups in total. The zero-order valence-electron chi connectivity index (χ0n) is 28.2. The monoisotopic (exact) mass is 666 g/mol. The van der Waals surface area contributed by atoms with Gasteiger partial charge in [0.25, 0.3) is 0 Å². The van der Waals surface area contributed by atoms with E-state index >= 15 is 0 Å². The molecule has 7 rings (SSSR count). The Hall–Kier alpha value is -5.78. The second-order valence-electron chi connectivity index (χ2n) is 12.9. The van der Waals surface area contributed by atoms with Crippen LogP contribution in [-0.4, -0.2) is 89.3 Å². The predicted molar refractivity (Wildman–Crippen MR) is 192 cm³/mol. The van der Waals surface area contributed by atoms with Crippen molar-refractivity contribution in [3.8, 4) is 23.3 Å². The molecule has 2 aromatic heterocycles. The van der Waals surface area contributed by atoms with Crippen molar-refractivity contribution in [2.75, 3.05) is 51.3 Å². The molecule has 4 heterocycles. The van der Waals surface area contributed by atoms with Crippen molar-refractivity contribution in [2.45, 2.75) is 38.5 Å². The number of nitrogens with zero attached hydrogens (tertiary/aromatic N) is 8. The maximum Gasteiger partial charge on any atom is 0.410 e. The molecule has 11 nitrogen and oxygen atoms in total. The molecule has 2 aliphatic heterocycles. The highest BCUT2D eigenvalue weighted by Gasteiger charge is 2.35. The summed E-state index contributed by atoms with van der Waals surface area (Å²) in [6.07, 6.45) is 3.40. The quantitative estimate of drug-likeness (QED) is 0.178. The van der Waals surface area contributed by atoms with Gasteiger partial charge in [-0.1, -0.05) is 66.7 Å². The molecule has 3 aromatic carbocycles. The van der Waals surface area contributed by atoms with Crippen molar-refractivity contribution in [3.63, 3.8) is 0 Å². The molecular weight excluding hydrogens is 628 g/mol. The van der Waals surface area contributed by atoms with Crippen LogP contribution in [0.15, 0.2) is 72.9 Å². The van der Waals surface area contributed by atoms with Gasteiger partial charge in [-0.25, -0.2) is 11.4 Å². The Labute approximate surface area is 291 Å². The van der Waals surface area contributed by atoms with Crippen LogP contribution in [0.4, 0.5) is 10.6 Å². The van der Waals surface area contributed by atoms with Gasteiger partial charge in [0.05, 0.1) is 11.1 Å². The summed E-state index contributed by atoms with van der Waals surface area (Å²) in [4.78, 5) is 37.5. The van der Waals surface area contributed by atoms with Crippen molar-refractivity contribution in [1.29, 1.82) is 5.26 Å². The molecule has 0 spiro atoms. The number of nitriles is 1. The number of aromatic nitrogens is 3. The van der Waals surface area contributed by atoms with Crippen LogP contribution in [0.1, 0.15) is 29.5 Å². The van der Waals surface area contributed by atoms with Gasteiger partial charge in [0.15, 0.2) is 0 Å². The minimum Gasteiger partial charge on any atom is -0.462 e. The summed E-state index contributed by atoms with van der Waals surface area (Å²) in [5.41, 5.74) is 4.17.